The van der Waals surface area contributed by atoms with Crippen molar-refractivity contribution in [3.63, 3.8) is 0 Å². The fraction of sp³-hybridized carbons (Fsp3) is 0.400. The van der Waals surface area contributed by atoms with Crippen molar-refractivity contribution >= 4 is 17.7 Å². The summed E-state index contributed by atoms with van der Waals surface area (Å²) >= 11 is 0. The summed E-state index contributed by atoms with van der Waals surface area (Å²) in [7, 11) is 0. The number of ketones is 1. The Morgan fingerprint density at radius 1 is 1.25 bits per heavy atom. The van der Waals surface area contributed by atoms with Crippen LogP contribution in [0.15, 0.2) is 30.3 Å². The first-order chi connectivity index (χ1) is 9.56. The smallest absolute Gasteiger partial charge is 0.328 e. The van der Waals surface area contributed by atoms with E-state index in [0.29, 0.717) is 6.54 Å². The van der Waals surface area contributed by atoms with Gasteiger partial charge in [-0.15, -0.1) is 0 Å². The van der Waals surface area contributed by atoms with Crippen molar-refractivity contribution in [2.24, 2.45) is 5.92 Å². The third kappa shape index (κ3) is 2.57. The molecule has 0 bridgehead atoms. The summed E-state index contributed by atoms with van der Waals surface area (Å²) in [5, 5.41) is 0. The zero-order valence-electron chi connectivity index (χ0n) is 11.5. The van der Waals surface area contributed by atoms with Gasteiger partial charge in [0, 0.05) is 12.1 Å². The second-order valence-corrected chi connectivity index (χ2v) is 4.78. The van der Waals surface area contributed by atoms with Gasteiger partial charge in [-0.2, -0.15) is 0 Å². The molecule has 5 nitrogen and oxygen atoms in total. The number of amides is 1. The predicted octanol–water partition coefficient (Wildman–Crippen LogP) is 1.69. The van der Waals surface area contributed by atoms with Crippen LogP contribution in [0.4, 0.5) is 0 Å². The molecule has 0 aromatic heterocycles. The van der Waals surface area contributed by atoms with E-state index in [0.717, 1.165) is 12.0 Å². The van der Waals surface area contributed by atoms with Gasteiger partial charge in [-0.1, -0.05) is 37.3 Å². The lowest BCUT2D eigenvalue weighted by molar-refractivity contribution is -0.187. The Hall–Kier alpha value is -2.17. The van der Waals surface area contributed by atoms with Gasteiger partial charge in [-0.3, -0.25) is 14.4 Å². The van der Waals surface area contributed by atoms with E-state index in [2.05, 4.69) is 0 Å². The molecule has 1 aliphatic rings. The molecule has 2 rings (SSSR count). The Morgan fingerprint density at radius 3 is 2.45 bits per heavy atom. The van der Waals surface area contributed by atoms with E-state index in [9.17, 15) is 14.4 Å². The van der Waals surface area contributed by atoms with Crippen LogP contribution in [0.3, 0.4) is 0 Å². The van der Waals surface area contributed by atoms with Crippen molar-refractivity contribution in [3.8, 4) is 0 Å². The Morgan fingerprint density at radius 2 is 1.90 bits per heavy atom. The molecule has 1 amide bonds. The maximum Gasteiger partial charge on any atom is 0.328 e. The van der Waals surface area contributed by atoms with Crippen molar-refractivity contribution in [2.45, 2.75) is 26.5 Å². The topological polar surface area (TPSA) is 63.7 Å². The minimum Gasteiger partial charge on any atom is -0.436 e. The normalized spacial score (nSPS) is 22.6. The van der Waals surface area contributed by atoms with Crippen LogP contribution >= 0.6 is 0 Å². The number of Topliss-reactive ketones (excluding diaryl/α,β-unsaturated/α-hetero) is 1. The minimum atomic E-state index is -1.32. The number of rotatable bonds is 4. The van der Waals surface area contributed by atoms with E-state index >= 15 is 0 Å². The molecule has 1 aromatic rings. The zero-order chi connectivity index (χ0) is 14.7. The number of ether oxygens (including phenoxy) is 1. The summed E-state index contributed by atoms with van der Waals surface area (Å²) in [4.78, 5) is 37.2. The highest BCUT2D eigenvalue weighted by Crippen LogP contribution is 2.30. The van der Waals surface area contributed by atoms with E-state index in [1.165, 1.54) is 11.8 Å². The molecule has 0 N–H and O–H groups in total. The highest BCUT2D eigenvalue weighted by atomic mass is 16.6. The molecule has 0 radical (unpaired) electrons. The number of carbonyl (C=O) groups excluding carboxylic acids is 3. The Kier molecular flexibility index (Phi) is 4.17. The van der Waals surface area contributed by atoms with Gasteiger partial charge in [0.2, 0.25) is 12.1 Å². The van der Waals surface area contributed by atoms with Crippen molar-refractivity contribution in [1.82, 2.24) is 4.90 Å². The SMILES string of the molecule is CCCN1C(=O)C(C(C)=O)C(=O)OC1c1ccccc1. The average Bonchev–Trinajstić information content (AvgIpc) is 2.42. The van der Waals surface area contributed by atoms with Crippen molar-refractivity contribution in [2.75, 3.05) is 6.54 Å². The molecule has 20 heavy (non-hydrogen) atoms. The maximum atomic E-state index is 12.4. The number of hydrogen-bond acceptors (Lipinski definition) is 4. The Bertz CT molecular complexity index is 526. The minimum absolute atomic E-state index is 0.440. The highest BCUT2D eigenvalue weighted by Gasteiger charge is 2.45. The van der Waals surface area contributed by atoms with E-state index in [1.54, 1.807) is 12.1 Å². The molecule has 0 saturated carbocycles. The molecule has 0 spiro atoms. The lowest BCUT2D eigenvalue weighted by Gasteiger charge is -2.37. The van der Waals surface area contributed by atoms with Crippen LogP contribution in [-0.2, 0) is 19.1 Å². The molecule has 2 atom stereocenters. The summed E-state index contributed by atoms with van der Waals surface area (Å²) in [6.07, 6.45) is -0.0243. The summed E-state index contributed by atoms with van der Waals surface area (Å²) in [5.41, 5.74) is 0.727. The quantitative estimate of drug-likeness (QED) is 0.619. The lowest BCUT2D eigenvalue weighted by atomic mass is 10.00. The zero-order valence-corrected chi connectivity index (χ0v) is 11.5. The summed E-state index contributed by atoms with van der Waals surface area (Å²) in [6.45, 7) is 3.60. The number of hydrogen-bond donors (Lipinski definition) is 0. The fourth-order valence-electron chi connectivity index (χ4n) is 2.30. The highest BCUT2D eigenvalue weighted by molar-refractivity contribution is 6.16. The van der Waals surface area contributed by atoms with Crippen LogP contribution in [0.25, 0.3) is 0 Å². The summed E-state index contributed by atoms with van der Waals surface area (Å²) in [5.74, 6) is -3.03. The number of benzene rings is 1. The second-order valence-electron chi connectivity index (χ2n) is 4.78. The third-order valence-electron chi connectivity index (χ3n) is 3.23. The molecule has 1 aromatic carbocycles. The number of nitrogens with zero attached hydrogens (tertiary/aromatic N) is 1. The van der Waals surface area contributed by atoms with Gasteiger partial charge >= 0.3 is 5.97 Å². The average molecular weight is 275 g/mol. The summed E-state index contributed by atoms with van der Waals surface area (Å²) < 4.78 is 5.33. The molecule has 2 unspecified atom stereocenters. The molecule has 1 heterocycles. The van der Waals surface area contributed by atoms with Crippen LogP contribution in [0.1, 0.15) is 32.1 Å². The first-order valence-electron chi connectivity index (χ1n) is 6.62. The molecule has 5 heteroatoms. The van der Waals surface area contributed by atoms with Gasteiger partial charge in [0.15, 0.2) is 11.7 Å². The van der Waals surface area contributed by atoms with Gasteiger partial charge in [-0.05, 0) is 13.3 Å². The second kappa shape index (κ2) is 5.86. The Labute approximate surface area is 117 Å². The molecule has 0 aliphatic carbocycles. The van der Waals surface area contributed by atoms with Gasteiger partial charge < -0.3 is 9.64 Å². The third-order valence-corrected chi connectivity index (χ3v) is 3.23. The van der Waals surface area contributed by atoms with Crippen molar-refractivity contribution < 1.29 is 19.1 Å². The summed E-state index contributed by atoms with van der Waals surface area (Å²) in [6, 6.07) is 9.06. The maximum absolute atomic E-state index is 12.4. The van der Waals surface area contributed by atoms with Gasteiger partial charge in [-0.25, -0.2) is 0 Å². The first-order valence-corrected chi connectivity index (χ1v) is 6.62. The van der Waals surface area contributed by atoms with Crippen molar-refractivity contribution in [1.29, 1.82) is 0 Å². The fourth-order valence-corrected chi connectivity index (χ4v) is 2.30. The van der Waals surface area contributed by atoms with Crippen LogP contribution in [-0.4, -0.2) is 29.1 Å². The number of carbonyl (C=O) groups is 3. The van der Waals surface area contributed by atoms with Crippen molar-refractivity contribution in [3.05, 3.63) is 35.9 Å². The van der Waals surface area contributed by atoms with E-state index in [1.807, 2.05) is 25.1 Å². The molecular formula is C15H17NO4. The Balaban J connectivity index is 2.35. The molecule has 1 fully saturated rings. The van der Waals surface area contributed by atoms with Crippen LogP contribution in [0.5, 0.6) is 0 Å². The van der Waals surface area contributed by atoms with Crippen LogP contribution in [0.2, 0.25) is 0 Å². The predicted molar refractivity (Wildman–Crippen MR) is 71.5 cm³/mol. The monoisotopic (exact) mass is 275 g/mol. The van der Waals surface area contributed by atoms with Gasteiger partial charge in [0.25, 0.3) is 0 Å². The van der Waals surface area contributed by atoms with E-state index in [-0.39, 0.29) is 0 Å². The standard InChI is InChI=1S/C15H17NO4/c1-3-9-16-13(18)12(10(2)17)15(19)20-14(16)11-7-5-4-6-8-11/h4-8,12,14H,3,9H2,1-2H3. The number of cyclic esters (lactones) is 1. The van der Waals surface area contributed by atoms with E-state index < -0.39 is 29.8 Å². The number of esters is 1. The van der Waals surface area contributed by atoms with E-state index in [4.69, 9.17) is 4.74 Å². The van der Waals surface area contributed by atoms with Gasteiger partial charge in [0.1, 0.15) is 0 Å². The molecular weight excluding hydrogens is 258 g/mol. The van der Waals surface area contributed by atoms with Crippen LogP contribution in [0, 0.1) is 5.92 Å². The molecule has 106 valence electrons. The largest absolute Gasteiger partial charge is 0.436 e. The van der Waals surface area contributed by atoms with Crippen LogP contribution < -0.4 is 0 Å². The molecule has 1 aliphatic heterocycles. The lowest BCUT2D eigenvalue weighted by Crippen LogP contribution is -2.51. The molecule has 1 saturated heterocycles. The first kappa shape index (κ1) is 14.2. The van der Waals surface area contributed by atoms with Gasteiger partial charge in [0.05, 0.1) is 0 Å².